The maximum atomic E-state index is 12.8. The predicted octanol–water partition coefficient (Wildman–Crippen LogP) is -1.55. The molecule has 0 spiro atoms. The summed E-state index contributed by atoms with van der Waals surface area (Å²) in [5.74, 6) is -3.97. The highest BCUT2D eigenvalue weighted by atomic mass is 32.2. The van der Waals surface area contributed by atoms with E-state index in [0.717, 1.165) is 0 Å². The lowest BCUT2D eigenvalue weighted by Crippen LogP contribution is -2.57. The summed E-state index contributed by atoms with van der Waals surface area (Å²) in [5.41, 5.74) is 11.3. The number of aromatic hydroxyl groups is 1. The molecule has 1 aromatic carbocycles. The van der Waals surface area contributed by atoms with Gasteiger partial charge in [0.2, 0.25) is 23.6 Å². The first kappa shape index (κ1) is 28.7. The van der Waals surface area contributed by atoms with E-state index < -0.39 is 60.2 Å². The molecule has 0 aliphatic carbocycles. The second-order valence-corrected chi connectivity index (χ2v) is 8.62. The second kappa shape index (κ2) is 14.1. The van der Waals surface area contributed by atoms with Crippen molar-refractivity contribution in [1.82, 2.24) is 16.0 Å². The number of hydrogen-bond donors (Lipinski definition) is 7. The van der Waals surface area contributed by atoms with Gasteiger partial charge in [-0.1, -0.05) is 12.1 Å². The van der Waals surface area contributed by atoms with Gasteiger partial charge in [-0.15, -0.1) is 0 Å². The molecule has 188 valence electrons. The van der Waals surface area contributed by atoms with Crippen molar-refractivity contribution >= 4 is 41.4 Å². The molecule has 12 nitrogen and oxygen atoms in total. The highest BCUT2D eigenvalue weighted by Crippen LogP contribution is 2.12. The summed E-state index contributed by atoms with van der Waals surface area (Å²) in [6, 6.07) is 1.00. The Hall–Kier alpha value is -3.32. The van der Waals surface area contributed by atoms with E-state index in [1.165, 1.54) is 43.0 Å². The molecule has 0 aliphatic rings. The van der Waals surface area contributed by atoms with Gasteiger partial charge in [0.1, 0.15) is 23.9 Å². The van der Waals surface area contributed by atoms with E-state index in [2.05, 4.69) is 16.0 Å². The topological polar surface area (TPSA) is 214 Å². The van der Waals surface area contributed by atoms with Gasteiger partial charge >= 0.3 is 5.97 Å². The van der Waals surface area contributed by atoms with Gasteiger partial charge < -0.3 is 37.6 Å². The Morgan fingerprint density at radius 1 is 0.941 bits per heavy atom. The van der Waals surface area contributed by atoms with E-state index in [0.29, 0.717) is 11.3 Å². The number of aliphatic carboxylic acids is 1. The highest BCUT2D eigenvalue weighted by molar-refractivity contribution is 7.98. The van der Waals surface area contributed by atoms with Crippen LogP contribution in [0.4, 0.5) is 0 Å². The number of amides is 4. The zero-order valence-electron chi connectivity index (χ0n) is 18.9. The van der Waals surface area contributed by atoms with E-state index in [-0.39, 0.29) is 18.6 Å². The molecule has 9 N–H and O–H groups in total. The standard InChI is InChI=1S/C21H31N5O7S/c1-11(22)18(29)24-14(7-8-34-2)19(30)25-15(10-17(23)28)20(31)26-16(21(32)33)9-12-3-5-13(27)6-4-12/h3-6,11,14-16,27H,7-10,22H2,1-2H3,(H2,23,28)(H,24,29)(H,25,30)(H,26,31)(H,32,33). The van der Waals surface area contributed by atoms with Gasteiger partial charge in [-0.2, -0.15) is 11.8 Å². The fourth-order valence-corrected chi connectivity index (χ4v) is 3.30. The molecule has 1 aromatic rings. The van der Waals surface area contributed by atoms with Crippen LogP contribution in [0.5, 0.6) is 5.75 Å². The molecule has 0 bridgehead atoms. The van der Waals surface area contributed by atoms with Crippen molar-refractivity contribution in [1.29, 1.82) is 0 Å². The number of benzene rings is 1. The van der Waals surface area contributed by atoms with Crippen LogP contribution in [0.15, 0.2) is 24.3 Å². The van der Waals surface area contributed by atoms with E-state index >= 15 is 0 Å². The molecule has 0 aromatic heterocycles. The maximum absolute atomic E-state index is 12.8. The zero-order chi connectivity index (χ0) is 25.8. The Morgan fingerprint density at radius 2 is 1.47 bits per heavy atom. The number of carboxylic acids is 1. The van der Waals surface area contributed by atoms with Gasteiger partial charge in [0.25, 0.3) is 0 Å². The molecule has 0 fully saturated rings. The number of carbonyl (C=O) groups is 5. The van der Waals surface area contributed by atoms with Crippen molar-refractivity contribution < 1.29 is 34.2 Å². The van der Waals surface area contributed by atoms with Crippen molar-refractivity contribution in [2.24, 2.45) is 11.5 Å². The van der Waals surface area contributed by atoms with Crippen LogP contribution in [-0.2, 0) is 30.4 Å². The molecule has 0 saturated carbocycles. The van der Waals surface area contributed by atoms with E-state index in [9.17, 15) is 34.2 Å². The van der Waals surface area contributed by atoms with Crippen molar-refractivity contribution in [2.45, 2.75) is 50.4 Å². The molecule has 0 heterocycles. The molecular formula is C21H31N5O7S. The monoisotopic (exact) mass is 497 g/mol. The SMILES string of the molecule is CSCCC(NC(=O)C(C)N)C(=O)NC(CC(N)=O)C(=O)NC(Cc1ccc(O)cc1)C(=O)O. The number of nitrogens with one attached hydrogen (secondary N) is 3. The van der Waals surface area contributed by atoms with E-state index in [1.807, 2.05) is 6.26 Å². The van der Waals surface area contributed by atoms with E-state index in [1.54, 1.807) is 0 Å². The summed E-state index contributed by atoms with van der Waals surface area (Å²) in [7, 11) is 0. The van der Waals surface area contributed by atoms with Crippen LogP contribution in [0.3, 0.4) is 0 Å². The largest absolute Gasteiger partial charge is 0.508 e. The summed E-state index contributed by atoms with van der Waals surface area (Å²) in [5, 5.41) is 26.0. The third-order valence-electron chi connectivity index (χ3n) is 4.69. The quantitative estimate of drug-likeness (QED) is 0.158. The third kappa shape index (κ3) is 10.1. The van der Waals surface area contributed by atoms with Gasteiger partial charge in [-0.05, 0) is 43.0 Å². The molecule has 0 saturated heterocycles. The molecule has 0 aliphatic heterocycles. The van der Waals surface area contributed by atoms with Crippen molar-refractivity contribution in [3.05, 3.63) is 29.8 Å². The first-order valence-electron chi connectivity index (χ1n) is 10.4. The van der Waals surface area contributed by atoms with Gasteiger partial charge in [-0.25, -0.2) is 4.79 Å². The number of primary amides is 1. The lowest BCUT2D eigenvalue weighted by Gasteiger charge is -2.24. The van der Waals surface area contributed by atoms with E-state index in [4.69, 9.17) is 11.5 Å². The fourth-order valence-electron chi connectivity index (χ4n) is 2.83. The molecule has 4 atom stereocenters. The van der Waals surface area contributed by atoms with Crippen LogP contribution in [-0.4, -0.2) is 76.0 Å². The molecule has 4 unspecified atom stereocenters. The predicted molar refractivity (Wildman–Crippen MR) is 126 cm³/mol. The summed E-state index contributed by atoms with van der Waals surface area (Å²) in [6.45, 7) is 1.45. The lowest BCUT2D eigenvalue weighted by molar-refractivity contribution is -0.142. The summed E-state index contributed by atoms with van der Waals surface area (Å²) < 4.78 is 0. The van der Waals surface area contributed by atoms with Gasteiger partial charge in [0.05, 0.1) is 12.5 Å². The molecule has 34 heavy (non-hydrogen) atoms. The van der Waals surface area contributed by atoms with Crippen LogP contribution in [0, 0.1) is 0 Å². The number of phenolic OH excluding ortho intramolecular Hbond substituents is 1. The number of rotatable bonds is 14. The van der Waals surface area contributed by atoms with Gasteiger partial charge in [0.15, 0.2) is 0 Å². The summed E-state index contributed by atoms with van der Waals surface area (Å²) >= 11 is 1.44. The van der Waals surface area contributed by atoms with Crippen LogP contribution in [0.25, 0.3) is 0 Å². The van der Waals surface area contributed by atoms with Crippen LogP contribution in [0.2, 0.25) is 0 Å². The number of thioether (sulfide) groups is 1. The molecule has 0 radical (unpaired) electrons. The first-order valence-corrected chi connectivity index (χ1v) is 11.8. The highest BCUT2D eigenvalue weighted by Gasteiger charge is 2.31. The average Bonchev–Trinajstić information content (AvgIpc) is 2.76. The first-order chi connectivity index (χ1) is 15.9. The number of carbonyl (C=O) groups excluding carboxylic acids is 4. The average molecular weight is 498 g/mol. The molecule has 4 amide bonds. The minimum Gasteiger partial charge on any atom is -0.508 e. The minimum atomic E-state index is -1.46. The summed E-state index contributed by atoms with van der Waals surface area (Å²) in [4.78, 5) is 60.8. The lowest BCUT2D eigenvalue weighted by atomic mass is 10.0. The number of phenols is 1. The van der Waals surface area contributed by atoms with Crippen molar-refractivity contribution in [2.75, 3.05) is 12.0 Å². The Balaban J connectivity index is 2.98. The Kier molecular flexibility index (Phi) is 11.9. The smallest absolute Gasteiger partial charge is 0.326 e. The minimum absolute atomic E-state index is 0.00366. The molecule has 1 rings (SSSR count). The fraction of sp³-hybridized carbons (Fsp3) is 0.476. The van der Waals surface area contributed by atoms with Gasteiger partial charge in [-0.3, -0.25) is 19.2 Å². The van der Waals surface area contributed by atoms with Gasteiger partial charge in [0, 0.05) is 6.42 Å². The Morgan fingerprint density at radius 3 is 1.97 bits per heavy atom. The number of hydrogen-bond acceptors (Lipinski definition) is 8. The normalized spacial score (nSPS) is 14.2. The van der Waals surface area contributed by atoms with Crippen molar-refractivity contribution in [3.63, 3.8) is 0 Å². The van der Waals surface area contributed by atoms with Crippen molar-refractivity contribution in [3.8, 4) is 5.75 Å². The van der Waals surface area contributed by atoms with Crippen LogP contribution < -0.4 is 27.4 Å². The third-order valence-corrected chi connectivity index (χ3v) is 5.33. The zero-order valence-corrected chi connectivity index (χ0v) is 19.8. The second-order valence-electron chi connectivity index (χ2n) is 7.63. The summed E-state index contributed by atoms with van der Waals surface area (Å²) in [6.07, 6.45) is 1.35. The maximum Gasteiger partial charge on any atom is 0.326 e. The Labute approximate surface area is 201 Å². The molecule has 13 heteroatoms. The molecular weight excluding hydrogens is 466 g/mol. The van der Waals surface area contributed by atoms with Crippen LogP contribution in [0.1, 0.15) is 25.3 Å². The number of nitrogens with two attached hydrogens (primary N) is 2. The number of carboxylic acid groups (broad SMARTS) is 1. The van der Waals surface area contributed by atoms with Crippen LogP contribution >= 0.6 is 11.8 Å². The Bertz CT molecular complexity index is 879.